The average molecular weight is 503 g/mol. The van der Waals surface area contributed by atoms with Gasteiger partial charge in [-0.05, 0) is 74.1 Å². The Bertz CT molecular complexity index is 1350. The number of nitrogens with zero attached hydrogens (tertiary/aromatic N) is 3. The van der Waals surface area contributed by atoms with E-state index in [1.807, 2.05) is 36.4 Å². The number of halogens is 1. The van der Waals surface area contributed by atoms with Crippen molar-refractivity contribution < 1.29 is 18.9 Å². The lowest BCUT2D eigenvalue weighted by Gasteiger charge is -2.32. The zero-order valence-corrected chi connectivity index (χ0v) is 20.6. The van der Waals surface area contributed by atoms with Crippen LogP contribution in [0.4, 0.5) is 15.8 Å². The number of pyridine rings is 1. The molecule has 8 nitrogen and oxygen atoms in total. The molecular formula is C28H27FN4O4. The molecule has 190 valence electrons. The van der Waals surface area contributed by atoms with E-state index in [-0.39, 0.29) is 28.6 Å². The Labute approximate surface area is 214 Å². The summed E-state index contributed by atoms with van der Waals surface area (Å²) in [6, 6.07) is 13.4. The van der Waals surface area contributed by atoms with Crippen LogP contribution in [0, 0.1) is 22.9 Å². The van der Waals surface area contributed by atoms with Crippen LogP contribution in [0.2, 0.25) is 0 Å². The van der Waals surface area contributed by atoms with E-state index >= 15 is 0 Å². The summed E-state index contributed by atoms with van der Waals surface area (Å²) in [6.45, 7) is 3.98. The Morgan fingerprint density at radius 3 is 2.46 bits per heavy atom. The van der Waals surface area contributed by atoms with Crippen molar-refractivity contribution in [3.63, 3.8) is 0 Å². The molecule has 3 aromatic rings. The van der Waals surface area contributed by atoms with Crippen LogP contribution < -0.4 is 5.32 Å². The highest BCUT2D eigenvalue weighted by atomic mass is 19.1. The van der Waals surface area contributed by atoms with Crippen LogP contribution in [-0.4, -0.2) is 39.7 Å². The second-order valence-electron chi connectivity index (χ2n) is 9.08. The number of nitro groups is 1. The van der Waals surface area contributed by atoms with Gasteiger partial charge in [-0.3, -0.25) is 24.7 Å². The lowest BCUT2D eigenvalue weighted by molar-refractivity contribution is -0.385. The van der Waals surface area contributed by atoms with E-state index in [9.17, 15) is 24.1 Å². The van der Waals surface area contributed by atoms with Crippen molar-refractivity contribution in [3.8, 4) is 0 Å². The van der Waals surface area contributed by atoms with Gasteiger partial charge in [0.05, 0.1) is 10.5 Å². The molecule has 0 spiro atoms. The maximum Gasteiger partial charge on any atom is 0.273 e. The third kappa shape index (κ3) is 5.88. The summed E-state index contributed by atoms with van der Waals surface area (Å²) < 4.78 is 14.4. The molecule has 2 amide bonds. The maximum atomic E-state index is 14.4. The van der Waals surface area contributed by atoms with Gasteiger partial charge in [0.2, 0.25) is 0 Å². The molecule has 1 saturated heterocycles. The summed E-state index contributed by atoms with van der Waals surface area (Å²) in [6.07, 6.45) is 6.49. The lowest BCUT2D eigenvalue weighted by atomic mass is 9.89. The number of rotatable bonds is 6. The number of benzene rings is 2. The van der Waals surface area contributed by atoms with E-state index in [1.165, 1.54) is 6.92 Å². The van der Waals surface area contributed by atoms with Crippen molar-refractivity contribution in [1.82, 2.24) is 9.88 Å². The molecule has 0 saturated carbocycles. The van der Waals surface area contributed by atoms with Gasteiger partial charge in [-0.25, -0.2) is 4.39 Å². The minimum Gasteiger partial charge on any atom is -0.339 e. The summed E-state index contributed by atoms with van der Waals surface area (Å²) >= 11 is 0. The molecule has 1 aromatic heterocycles. The Kier molecular flexibility index (Phi) is 7.71. The second-order valence-corrected chi connectivity index (χ2v) is 9.08. The number of nitro benzene ring substituents is 1. The number of piperidine rings is 1. The Morgan fingerprint density at radius 2 is 1.84 bits per heavy atom. The first kappa shape index (κ1) is 25.7. The van der Waals surface area contributed by atoms with Gasteiger partial charge in [-0.1, -0.05) is 18.2 Å². The van der Waals surface area contributed by atoms with Gasteiger partial charge in [0.15, 0.2) is 0 Å². The Hall–Kier alpha value is -4.40. The zero-order chi connectivity index (χ0) is 26.5. The molecule has 1 N–H and O–H groups in total. The summed E-state index contributed by atoms with van der Waals surface area (Å²) in [5, 5.41) is 14.1. The molecule has 0 aliphatic carbocycles. The quantitative estimate of drug-likeness (QED) is 0.272. The molecule has 37 heavy (non-hydrogen) atoms. The van der Waals surface area contributed by atoms with Crippen LogP contribution >= 0.6 is 0 Å². The molecule has 0 atom stereocenters. The molecule has 4 rings (SSSR count). The third-order valence-electron chi connectivity index (χ3n) is 6.64. The van der Waals surface area contributed by atoms with E-state index in [2.05, 4.69) is 10.3 Å². The number of nitrogens with one attached hydrogen (secondary N) is 1. The molecule has 0 unspecified atom stereocenters. The number of likely N-dealkylation sites (tertiary alicyclic amines) is 1. The molecule has 1 aliphatic rings. The highest BCUT2D eigenvalue weighted by Crippen LogP contribution is 2.31. The molecule has 0 bridgehead atoms. The summed E-state index contributed by atoms with van der Waals surface area (Å²) in [5.74, 6) is -1.27. The van der Waals surface area contributed by atoms with E-state index < -0.39 is 16.6 Å². The first-order chi connectivity index (χ1) is 17.7. The molecule has 0 radical (unpaired) electrons. The number of aromatic nitrogens is 1. The van der Waals surface area contributed by atoms with Crippen LogP contribution in [0.15, 0.2) is 66.5 Å². The van der Waals surface area contributed by atoms with Crippen LogP contribution in [0.5, 0.6) is 0 Å². The highest BCUT2D eigenvalue weighted by molar-refractivity contribution is 6.06. The van der Waals surface area contributed by atoms with E-state index in [0.29, 0.717) is 37.2 Å². The summed E-state index contributed by atoms with van der Waals surface area (Å²) in [5.41, 5.74) is 2.71. The highest BCUT2D eigenvalue weighted by Gasteiger charge is 2.29. The smallest absolute Gasteiger partial charge is 0.273 e. The normalized spacial score (nSPS) is 14.4. The number of hydrogen-bond acceptors (Lipinski definition) is 5. The van der Waals surface area contributed by atoms with E-state index in [1.54, 1.807) is 30.3 Å². The largest absolute Gasteiger partial charge is 0.339 e. The predicted molar refractivity (Wildman–Crippen MR) is 139 cm³/mol. The average Bonchev–Trinajstić information content (AvgIpc) is 2.89. The van der Waals surface area contributed by atoms with Gasteiger partial charge in [0.25, 0.3) is 17.5 Å². The molecule has 2 heterocycles. The van der Waals surface area contributed by atoms with Gasteiger partial charge in [0, 0.05) is 48.4 Å². The molecule has 9 heteroatoms. The minimum atomic E-state index is -0.752. The Balaban J connectivity index is 1.36. The molecule has 1 fully saturated rings. The van der Waals surface area contributed by atoms with Crippen molar-refractivity contribution in [3.05, 3.63) is 105 Å². The monoisotopic (exact) mass is 502 g/mol. The number of anilines is 1. The first-order valence-corrected chi connectivity index (χ1v) is 12.0. The minimum absolute atomic E-state index is 0.0419. The molecule has 1 aliphatic heterocycles. The number of amides is 2. The van der Waals surface area contributed by atoms with Gasteiger partial charge < -0.3 is 10.2 Å². The number of carbonyl (C=O) groups is 2. The SMILES string of the molecule is C/C(=C/c1cccnc1)C(=O)Nc1ccc(C2CCN(C(=O)c3c(F)ccc([N+](=O)[O-])c3C)CC2)cc1. The third-order valence-corrected chi connectivity index (χ3v) is 6.64. The molecular weight excluding hydrogens is 475 g/mol. The van der Waals surface area contributed by atoms with E-state index in [4.69, 9.17) is 0 Å². The van der Waals surface area contributed by atoms with Crippen LogP contribution in [0.25, 0.3) is 6.08 Å². The number of hydrogen-bond donors (Lipinski definition) is 1. The van der Waals surface area contributed by atoms with Crippen LogP contribution in [0.3, 0.4) is 0 Å². The summed E-state index contributed by atoms with van der Waals surface area (Å²) in [4.78, 5) is 41.7. The van der Waals surface area contributed by atoms with Crippen molar-refractivity contribution in [2.24, 2.45) is 0 Å². The van der Waals surface area contributed by atoms with Gasteiger partial charge >= 0.3 is 0 Å². The zero-order valence-electron chi connectivity index (χ0n) is 20.6. The number of carbonyl (C=O) groups excluding carboxylic acids is 2. The fourth-order valence-corrected chi connectivity index (χ4v) is 4.55. The summed E-state index contributed by atoms with van der Waals surface area (Å²) in [7, 11) is 0. The molecule has 2 aromatic carbocycles. The van der Waals surface area contributed by atoms with E-state index in [0.717, 1.165) is 23.3 Å². The van der Waals surface area contributed by atoms with Gasteiger partial charge in [-0.2, -0.15) is 0 Å². The Morgan fingerprint density at radius 1 is 1.14 bits per heavy atom. The van der Waals surface area contributed by atoms with Gasteiger partial charge in [-0.15, -0.1) is 0 Å². The fourth-order valence-electron chi connectivity index (χ4n) is 4.55. The van der Waals surface area contributed by atoms with Crippen molar-refractivity contribution in [1.29, 1.82) is 0 Å². The van der Waals surface area contributed by atoms with Crippen LogP contribution in [0.1, 0.15) is 52.7 Å². The topological polar surface area (TPSA) is 105 Å². The van der Waals surface area contributed by atoms with Crippen molar-refractivity contribution in [2.75, 3.05) is 18.4 Å². The lowest BCUT2D eigenvalue weighted by Crippen LogP contribution is -2.38. The van der Waals surface area contributed by atoms with Crippen LogP contribution in [-0.2, 0) is 4.79 Å². The van der Waals surface area contributed by atoms with Crippen molar-refractivity contribution in [2.45, 2.75) is 32.6 Å². The first-order valence-electron chi connectivity index (χ1n) is 12.0. The second kappa shape index (κ2) is 11.1. The fraction of sp³-hybridized carbons (Fsp3) is 0.250. The maximum absolute atomic E-state index is 14.4. The predicted octanol–water partition coefficient (Wildman–Crippen LogP) is 5.50. The van der Waals surface area contributed by atoms with Crippen molar-refractivity contribution >= 4 is 29.3 Å². The van der Waals surface area contributed by atoms with Gasteiger partial charge in [0.1, 0.15) is 5.82 Å². The standard InChI is InChI=1S/C28H27FN4O4/c1-18(16-20-4-3-13-30-17-20)27(34)31-23-7-5-21(6-8-23)22-11-14-32(15-12-22)28(35)26-19(2)25(33(36)37)10-9-24(26)29/h3-10,13,16-17,22H,11-12,14-15H2,1-2H3,(H,31,34)/b18-16-.